The number of aromatic amines is 1. The van der Waals surface area contributed by atoms with Gasteiger partial charge < -0.3 is 15.4 Å². The Morgan fingerprint density at radius 1 is 1.11 bits per heavy atom. The molecule has 3 rings (SSSR count). The van der Waals surface area contributed by atoms with Crippen molar-refractivity contribution in [3.05, 3.63) is 71.7 Å². The molecular formula is C20H21FN4O2. The number of nitrogens with zero attached hydrogens (tertiary/aromatic N) is 1. The number of benzene rings is 2. The molecule has 3 N–H and O–H groups in total. The van der Waals surface area contributed by atoms with E-state index in [9.17, 15) is 9.18 Å². The maximum atomic E-state index is 13.1. The molecule has 0 aliphatic carbocycles. The smallest absolute Gasteiger partial charge is 0.257 e. The second-order valence-corrected chi connectivity index (χ2v) is 5.99. The number of carbonyl (C=O) groups excluding carboxylic acids is 1. The molecule has 2 aromatic carbocycles. The van der Waals surface area contributed by atoms with Crippen LogP contribution in [0.2, 0.25) is 0 Å². The largest absolute Gasteiger partial charge is 0.484 e. The molecule has 0 aliphatic rings. The van der Waals surface area contributed by atoms with Gasteiger partial charge in [-0.05, 0) is 42.0 Å². The van der Waals surface area contributed by atoms with Crippen molar-refractivity contribution in [1.82, 2.24) is 20.8 Å². The second-order valence-electron chi connectivity index (χ2n) is 5.99. The highest BCUT2D eigenvalue weighted by atomic mass is 19.1. The van der Waals surface area contributed by atoms with Crippen molar-refractivity contribution in [2.45, 2.75) is 13.1 Å². The third-order valence-corrected chi connectivity index (χ3v) is 4.07. The predicted octanol–water partition coefficient (Wildman–Crippen LogP) is 2.63. The molecule has 1 heterocycles. The van der Waals surface area contributed by atoms with E-state index in [4.69, 9.17) is 4.74 Å². The minimum absolute atomic E-state index is 0.000743. The highest BCUT2D eigenvalue weighted by Crippen LogP contribution is 2.21. The Morgan fingerprint density at radius 2 is 1.85 bits per heavy atom. The van der Waals surface area contributed by atoms with E-state index in [1.54, 1.807) is 25.4 Å². The van der Waals surface area contributed by atoms with Crippen molar-refractivity contribution >= 4 is 5.91 Å². The van der Waals surface area contributed by atoms with Gasteiger partial charge in [0.2, 0.25) is 0 Å². The first-order valence-electron chi connectivity index (χ1n) is 8.57. The number of carbonyl (C=O) groups is 1. The lowest BCUT2D eigenvalue weighted by molar-refractivity contribution is -0.122. The van der Waals surface area contributed by atoms with Gasteiger partial charge in [-0.25, -0.2) is 4.39 Å². The zero-order valence-corrected chi connectivity index (χ0v) is 15.0. The van der Waals surface area contributed by atoms with Gasteiger partial charge in [-0.1, -0.05) is 12.1 Å². The fourth-order valence-corrected chi connectivity index (χ4v) is 2.58. The molecule has 0 spiro atoms. The first-order valence-corrected chi connectivity index (χ1v) is 8.57. The fourth-order valence-electron chi connectivity index (χ4n) is 2.58. The van der Waals surface area contributed by atoms with Crippen molar-refractivity contribution < 1.29 is 13.9 Å². The number of H-pyrrole nitrogens is 1. The molecule has 3 aromatic rings. The van der Waals surface area contributed by atoms with E-state index in [-0.39, 0.29) is 18.3 Å². The van der Waals surface area contributed by atoms with Crippen LogP contribution < -0.4 is 15.4 Å². The van der Waals surface area contributed by atoms with Crippen LogP contribution in [-0.4, -0.2) is 29.8 Å². The second kappa shape index (κ2) is 8.95. The highest BCUT2D eigenvalue weighted by Gasteiger charge is 2.08. The number of nitrogens with one attached hydrogen (secondary N) is 3. The summed E-state index contributed by atoms with van der Waals surface area (Å²) in [6, 6.07) is 13.9. The van der Waals surface area contributed by atoms with Crippen molar-refractivity contribution in [1.29, 1.82) is 0 Å². The Hall–Kier alpha value is -3.19. The molecule has 0 saturated heterocycles. The SMILES string of the molecule is CNC(=O)COc1ccc(CNCc2cn[nH]c2-c2ccc(F)cc2)cc1. The van der Waals surface area contributed by atoms with Crippen LogP contribution >= 0.6 is 0 Å². The lowest BCUT2D eigenvalue weighted by Gasteiger charge is -2.08. The van der Waals surface area contributed by atoms with E-state index in [1.807, 2.05) is 24.3 Å². The molecule has 7 heteroatoms. The molecule has 27 heavy (non-hydrogen) atoms. The molecular weight excluding hydrogens is 347 g/mol. The third kappa shape index (κ3) is 5.15. The van der Waals surface area contributed by atoms with E-state index in [0.29, 0.717) is 18.8 Å². The summed E-state index contributed by atoms with van der Waals surface area (Å²) < 4.78 is 18.5. The van der Waals surface area contributed by atoms with E-state index in [2.05, 4.69) is 20.8 Å². The first-order chi connectivity index (χ1) is 13.2. The van der Waals surface area contributed by atoms with Gasteiger partial charge in [-0.15, -0.1) is 0 Å². The van der Waals surface area contributed by atoms with Crippen LogP contribution in [0.15, 0.2) is 54.7 Å². The van der Waals surface area contributed by atoms with E-state index in [0.717, 1.165) is 22.4 Å². The molecule has 0 fully saturated rings. The van der Waals surface area contributed by atoms with Gasteiger partial charge >= 0.3 is 0 Å². The Morgan fingerprint density at radius 3 is 2.56 bits per heavy atom. The summed E-state index contributed by atoms with van der Waals surface area (Å²) >= 11 is 0. The summed E-state index contributed by atoms with van der Waals surface area (Å²) in [5.41, 5.74) is 3.87. The summed E-state index contributed by atoms with van der Waals surface area (Å²) in [5, 5.41) is 12.9. The predicted molar refractivity (Wildman–Crippen MR) is 101 cm³/mol. The normalized spacial score (nSPS) is 10.6. The minimum Gasteiger partial charge on any atom is -0.484 e. The third-order valence-electron chi connectivity index (χ3n) is 4.07. The van der Waals surface area contributed by atoms with Crippen LogP contribution in [0.25, 0.3) is 11.3 Å². The number of hydrogen-bond acceptors (Lipinski definition) is 4. The Labute approximate surface area is 156 Å². The van der Waals surface area contributed by atoms with Crippen molar-refractivity contribution in [2.24, 2.45) is 0 Å². The summed E-state index contributed by atoms with van der Waals surface area (Å²) in [7, 11) is 1.57. The molecule has 0 saturated carbocycles. The van der Waals surface area contributed by atoms with Gasteiger partial charge in [0, 0.05) is 31.3 Å². The van der Waals surface area contributed by atoms with Gasteiger partial charge in [-0.3, -0.25) is 9.89 Å². The van der Waals surface area contributed by atoms with E-state index in [1.165, 1.54) is 12.1 Å². The summed E-state index contributed by atoms with van der Waals surface area (Å²) in [6.07, 6.45) is 1.77. The highest BCUT2D eigenvalue weighted by molar-refractivity contribution is 5.77. The number of ether oxygens (including phenoxy) is 1. The number of halogens is 1. The molecule has 0 aliphatic heterocycles. The zero-order valence-electron chi connectivity index (χ0n) is 15.0. The van der Waals surface area contributed by atoms with Gasteiger partial charge in [0.25, 0.3) is 5.91 Å². The van der Waals surface area contributed by atoms with E-state index < -0.39 is 0 Å². The van der Waals surface area contributed by atoms with Crippen LogP contribution in [-0.2, 0) is 17.9 Å². The Kier molecular flexibility index (Phi) is 6.17. The summed E-state index contributed by atoms with van der Waals surface area (Å²) in [5.74, 6) is 0.217. The fraction of sp³-hybridized carbons (Fsp3) is 0.200. The maximum Gasteiger partial charge on any atom is 0.257 e. The molecule has 1 aromatic heterocycles. The molecule has 6 nitrogen and oxygen atoms in total. The molecule has 0 radical (unpaired) electrons. The lowest BCUT2D eigenvalue weighted by Crippen LogP contribution is -2.24. The summed E-state index contributed by atoms with van der Waals surface area (Å²) in [6.45, 7) is 1.29. The number of hydrogen-bond donors (Lipinski definition) is 3. The standard InChI is InChI=1S/C20H21FN4O2/c1-22-19(26)13-27-18-8-2-14(3-9-18)10-23-11-16-12-24-25-20(16)15-4-6-17(21)7-5-15/h2-9,12,23H,10-11,13H2,1H3,(H,22,26)(H,24,25). The van der Waals surface area contributed by atoms with Crippen molar-refractivity contribution in [3.63, 3.8) is 0 Å². The van der Waals surface area contributed by atoms with Gasteiger partial charge in [0.1, 0.15) is 11.6 Å². The monoisotopic (exact) mass is 368 g/mol. The molecule has 1 amide bonds. The zero-order chi connectivity index (χ0) is 19.1. The number of aromatic nitrogens is 2. The quantitative estimate of drug-likeness (QED) is 0.571. The van der Waals surface area contributed by atoms with Crippen LogP contribution in [0.5, 0.6) is 5.75 Å². The van der Waals surface area contributed by atoms with Crippen molar-refractivity contribution in [3.8, 4) is 17.0 Å². The molecule has 0 bridgehead atoms. The van der Waals surface area contributed by atoms with E-state index >= 15 is 0 Å². The number of rotatable bonds is 8. The van der Waals surface area contributed by atoms with Crippen LogP contribution in [0.3, 0.4) is 0 Å². The average molecular weight is 368 g/mol. The van der Waals surface area contributed by atoms with Gasteiger partial charge in [-0.2, -0.15) is 5.10 Å². The number of likely N-dealkylation sites (N-methyl/N-ethyl adjacent to an activating group) is 1. The van der Waals surface area contributed by atoms with Crippen LogP contribution in [0, 0.1) is 5.82 Å². The lowest BCUT2D eigenvalue weighted by atomic mass is 10.1. The van der Waals surface area contributed by atoms with Crippen LogP contribution in [0.1, 0.15) is 11.1 Å². The van der Waals surface area contributed by atoms with Crippen LogP contribution in [0.4, 0.5) is 4.39 Å². The molecule has 0 atom stereocenters. The van der Waals surface area contributed by atoms with Crippen molar-refractivity contribution in [2.75, 3.05) is 13.7 Å². The molecule has 140 valence electrons. The van der Waals surface area contributed by atoms with Gasteiger partial charge in [0.05, 0.1) is 11.9 Å². The maximum absolute atomic E-state index is 13.1. The van der Waals surface area contributed by atoms with Gasteiger partial charge in [0.15, 0.2) is 6.61 Å². The average Bonchev–Trinajstić information content (AvgIpc) is 3.16. The number of amides is 1. The molecule has 0 unspecified atom stereocenters. The Bertz CT molecular complexity index is 876. The Balaban J connectivity index is 1.52. The minimum atomic E-state index is -0.263. The first kappa shape index (κ1) is 18.6. The summed E-state index contributed by atoms with van der Waals surface area (Å²) in [4.78, 5) is 11.2. The topological polar surface area (TPSA) is 79.0 Å².